The molecule has 3 aromatic rings. The van der Waals surface area contributed by atoms with Crippen molar-refractivity contribution in [2.45, 2.75) is 13.8 Å². The summed E-state index contributed by atoms with van der Waals surface area (Å²) in [5.74, 6) is -0.360. The highest BCUT2D eigenvalue weighted by Crippen LogP contribution is 2.30. The van der Waals surface area contributed by atoms with Crippen LogP contribution in [-0.2, 0) is 4.74 Å². The van der Waals surface area contributed by atoms with Crippen molar-refractivity contribution in [1.29, 1.82) is 0 Å². The number of carbonyl (C=O) groups is 2. The SMILES string of the molecule is CCOC(=O)c1ccc(-c2cn(C(C)=O)c3ccccc23)cc1. The minimum Gasteiger partial charge on any atom is -0.462 e. The molecule has 0 aliphatic heterocycles. The third-order valence-electron chi connectivity index (χ3n) is 3.76. The predicted molar refractivity (Wildman–Crippen MR) is 89.6 cm³/mol. The summed E-state index contributed by atoms with van der Waals surface area (Å²) in [6.07, 6.45) is 1.84. The molecule has 3 rings (SSSR count). The second-order valence-corrected chi connectivity index (χ2v) is 5.25. The van der Waals surface area contributed by atoms with Crippen molar-refractivity contribution in [3.8, 4) is 11.1 Å². The molecule has 1 aromatic heterocycles. The molecule has 0 bridgehead atoms. The van der Waals surface area contributed by atoms with E-state index in [1.807, 2.05) is 42.6 Å². The molecule has 0 unspecified atom stereocenters. The van der Waals surface area contributed by atoms with Crippen LogP contribution in [0.1, 0.15) is 29.0 Å². The molecule has 0 amide bonds. The van der Waals surface area contributed by atoms with Crippen LogP contribution in [-0.4, -0.2) is 23.1 Å². The van der Waals surface area contributed by atoms with Crippen LogP contribution in [0.15, 0.2) is 54.7 Å². The highest BCUT2D eigenvalue weighted by atomic mass is 16.5. The van der Waals surface area contributed by atoms with Gasteiger partial charge in [0.25, 0.3) is 0 Å². The smallest absolute Gasteiger partial charge is 0.338 e. The fourth-order valence-corrected chi connectivity index (χ4v) is 2.67. The van der Waals surface area contributed by atoms with Crippen molar-refractivity contribution < 1.29 is 14.3 Å². The number of ether oxygens (including phenoxy) is 1. The van der Waals surface area contributed by atoms with Crippen LogP contribution in [0, 0.1) is 0 Å². The van der Waals surface area contributed by atoms with Gasteiger partial charge in [-0.3, -0.25) is 9.36 Å². The Bertz CT molecular complexity index is 875. The second kappa shape index (κ2) is 6.08. The molecule has 0 radical (unpaired) electrons. The predicted octanol–water partition coefficient (Wildman–Crippen LogP) is 4.15. The normalized spacial score (nSPS) is 10.7. The summed E-state index contributed by atoms with van der Waals surface area (Å²) in [6, 6.07) is 15.0. The summed E-state index contributed by atoms with van der Waals surface area (Å²) >= 11 is 0. The largest absolute Gasteiger partial charge is 0.462 e. The maximum absolute atomic E-state index is 11.8. The molecule has 4 nitrogen and oxygen atoms in total. The van der Waals surface area contributed by atoms with Gasteiger partial charge in [0.2, 0.25) is 5.91 Å². The van der Waals surface area contributed by atoms with E-state index in [0.717, 1.165) is 22.0 Å². The highest BCUT2D eigenvalue weighted by Gasteiger charge is 2.13. The van der Waals surface area contributed by atoms with E-state index in [-0.39, 0.29) is 11.9 Å². The van der Waals surface area contributed by atoms with Crippen molar-refractivity contribution in [2.75, 3.05) is 6.61 Å². The van der Waals surface area contributed by atoms with E-state index < -0.39 is 0 Å². The first-order valence-corrected chi connectivity index (χ1v) is 7.50. The fraction of sp³-hybridized carbons (Fsp3) is 0.158. The van der Waals surface area contributed by atoms with Gasteiger partial charge < -0.3 is 4.74 Å². The van der Waals surface area contributed by atoms with Crippen molar-refractivity contribution in [3.63, 3.8) is 0 Å². The topological polar surface area (TPSA) is 48.3 Å². The van der Waals surface area contributed by atoms with Crippen LogP contribution in [0.25, 0.3) is 22.0 Å². The van der Waals surface area contributed by atoms with Crippen LogP contribution in [0.5, 0.6) is 0 Å². The minimum atomic E-state index is -0.329. The van der Waals surface area contributed by atoms with Crippen LogP contribution in [0.3, 0.4) is 0 Å². The minimum absolute atomic E-state index is 0.0319. The molecule has 0 spiro atoms. The number of benzene rings is 2. The molecule has 0 saturated carbocycles. The second-order valence-electron chi connectivity index (χ2n) is 5.25. The lowest BCUT2D eigenvalue weighted by atomic mass is 10.0. The van der Waals surface area contributed by atoms with Gasteiger partial charge in [-0.25, -0.2) is 4.79 Å². The fourth-order valence-electron chi connectivity index (χ4n) is 2.67. The summed E-state index contributed by atoms with van der Waals surface area (Å²) in [7, 11) is 0. The van der Waals surface area contributed by atoms with Crippen molar-refractivity contribution in [3.05, 3.63) is 60.3 Å². The van der Waals surface area contributed by atoms with Crippen LogP contribution in [0.4, 0.5) is 0 Å². The first-order chi connectivity index (χ1) is 11.1. The molecule has 0 saturated heterocycles. The zero-order valence-electron chi connectivity index (χ0n) is 13.1. The Morgan fingerprint density at radius 3 is 2.39 bits per heavy atom. The van der Waals surface area contributed by atoms with Gasteiger partial charge in [0.15, 0.2) is 0 Å². The highest BCUT2D eigenvalue weighted by molar-refractivity contribution is 6.01. The number of hydrogen-bond donors (Lipinski definition) is 0. The van der Waals surface area contributed by atoms with Gasteiger partial charge >= 0.3 is 5.97 Å². The Morgan fingerprint density at radius 1 is 1.04 bits per heavy atom. The van der Waals surface area contributed by atoms with Crippen LogP contribution in [0.2, 0.25) is 0 Å². The Balaban J connectivity index is 2.07. The van der Waals surface area contributed by atoms with Gasteiger partial charge in [0.1, 0.15) is 0 Å². The van der Waals surface area contributed by atoms with E-state index >= 15 is 0 Å². The Morgan fingerprint density at radius 2 is 1.74 bits per heavy atom. The summed E-state index contributed by atoms with van der Waals surface area (Å²) < 4.78 is 6.63. The van der Waals surface area contributed by atoms with Crippen molar-refractivity contribution >= 4 is 22.8 Å². The van der Waals surface area contributed by atoms with Crippen LogP contribution >= 0.6 is 0 Å². The monoisotopic (exact) mass is 307 g/mol. The molecule has 0 aliphatic rings. The average molecular weight is 307 g/mol. The summed E-state index contributed by atoms with van der Waals surface area (Å²) in [6.45, 7) is 3.68. The first-order valence-electron chi connectivity index (χ1n) is 7.50. The van der Waals surface area contributed by atoms with E-state index in [4.69, 9.17) is 4.74 Å². The zero-order chi connectivity index (χ0) is 16.4. The molecular weight excluding hydrogens is 290 g/mol. The van der Waals surface area contributed by atoms with Gasteiger partial charge in [-0.15, -0.1) is 0 Å². The average Bonchev–Trinajstić information content (AvgIpc) is 2.95. The zero-order valence-corrected chi connectivity index (χ0v) is 13.1. The molecule has 23 heavy (non-hydrogen) atoms. The summed E-state index contributed by atoms with van der Waals surface area (Å²) in [5.41, 5.74) is 3.32. The Hall–Kier alpha value is -2.88. The molecule has 1 heterocycles. The third-order valence-corrected chi connectivity index (χ3v) is 3.76. The molecule has 116 valence electrons. The van der Waals surface area contributed by atoms with Gasteiger partial charge in [-0.1, -0.05) is 30.3 Å². The molecule has 0 aliphatic carbocycles. The Labute approximate surface area is 134 Å². The van der Waals surface area contributed by atoms with Gasteiger partial charge in [0, 0.05) is 24.1 Å². The molecule has 2 aromatic carbocycles. The lowest BCUT2D eigenvalue weighted by Crippen LogP contribution is -2.04. The van der Waals surface area contributed by atoms with Gasteiger partial charge in [-0.05, 0) is 30.7 Å². The summed E-state index contributed by atoms with van der Waals surface area (Å²) in [4.78, 5) is 23.5. The van der Waals surface area contributed by atoms with E-state index in [1.165, 1.54) is 0 Å². The lowest BCUT2D eigenvalue weighted by molar-refractivity contribution is 0.0526. The Kier molecular flexibility index (Phi) is 3.98. The number of rotatable bonds is 3. The number of esters is 1. The van der Waals surface area contributed by atoms with E-state index in [2.05, 4.69) is 0 Å². The third kappa shape index (κ3) is 2.75. The van der Waals surface area contributed by atoms with E-state index in [9.17, 15) is 9.59 Å². The number of para-hydroxylation sites is 1. The quantitative estimate of drug-likeness (QED) is 0.683. The first kappa shape index (κ1) is 15.0. The maximum Gasteiger partial charge on any atom is 0.338 e. The number of hydrogen-bond acceptors (Lipinski definition) is 3. The summed E-state index contributed by atoms with van der Waals surface area (Å²) in [5, 5.41) is 1.01. The molecule has 4 heteroatoms. The number of fused-ring (bicyclic) bond motifs is 1. The number of carbonyl (C=O) groups excluding carboxylic acids is 2. The van der Waals surface area contributed by atoms with Crippen molar-refractivity contribution in [2.24, 2.45) is 0 Å². The molecule has 0 fully saturated rings. The van der Waals surface area contributed by atoms with Crippen molar-refractivity contribution in [1.82, 2.24) is 4.57 Å². The molecule has 0 atom stereocenters. The van der Waals surface area contributed by atoms with Gasteiger partial charge in [-0.2, -0.15) is 0 Å². The number of aromatic nitrogens is 1. The van der Waals surface area contributed by atoms with E-state index in [0.29, 0.717) is 12.2 Å². The molecule has 0 N–H and O–H groups in total. The maximum atomic E-state index is 11.8. The lowest BCUT2D eigenvalue weighted by Gasteiger charge is -2.03. The number of nitrogens with zero attached hydrogens (tertiary/aromatic N) is 1. The standard InChI is InChI=1S/C19H17NO3/c1-3-23-19(22)15-10-8-14(9-11-15)17-12-20(13(2)21)18-7-5-4-6-16(17)18/h4-12H,3H2,1-2H3. The van der Waals surface area contributed by atoms with Crippen LogP contribution < -0.4 is 0 Å². The molecular formula is C19H17NO3. The van der Waals surface area contributed by atoms with Gasteiger partial charge in [0.05, 0.1) is 17.7 Å². The van der Waals surface area contributed by atoms with E-state index in [1.54, 1.807) is 30.5 Å².